The Morgan fingerprint density at radius 3 is 2.46 bits per heavy atom. The topological polar surface area (TPSA) is 60.9 Å². The fourth-order valence-corrected chi connectivity index (χ4v) is 5.70. The van der Waals surface area contributed by atoms with E-state index < -0.39 is 10.0 Å². The molecule has 1 saturated heterocycles. The Hall–Kier alpha value is -0.960. The first-order chi connectivity index (χ1) is 11.3. The zero-order valence-corrected chi connectivity index (χ0v) is 16.4. The molecule has 0 unspecified atom stereocenters. The SMILES string of the molecule is CCC(=O)N1CCc2cc(Br)c(S(=O)(=O)N3CCN(C)CC3)cc21. The van der Waals surface area contributed by atoms with Gasteiger partial charge in [-0.25, -0.2) is 8.42 Å². The summed E-state index contributed by atoms with van der Waals surface area (Å²) < 4.78 is 28.2. The van der Waals surface area contributed by atoms with Gasteiger partial charge in [-0.05, 0) is 47.1 Å². The standard InChI is InChI=1S/C16H22BrN3O3S/c1-3-16(21)20-5-4-12-10-13(17)15(11-14(12)20)24(22,23)19-8-6-18(2)7-9-19/h10-11H,3-9H2,1-2H3. The molecule has 8 heteroatoms. The van der Waals surface area contributed by atoms with Gasteiger partial charge in [-0.1, -0.05) is 6.92 Å². The van der Waals surface area contributed by atoms with Crippen LogP contribution in [0.4, 0.5) is 5.69 Å². The van der Waals surface area contributed by atoms with E-state index in [9.17, 15) is 13.2 Å². The summed E-state index contributed by atoms with van der Waals surface area (Å²) in [6, 6.07) is 3.51. The van der Waals surface area contributed by atoms with Crippen LogP contribution in [0.3, 0.4) is 0 Å². The molecule has 0 saturated carbocycles. The Labute approximate surface area is 151 Å². The fraction of sp³-hybridized carbons (Fsp3) is 0.562. The number of carbonyl (C=O) groups excluding carboxylic acids is 1. The van der Waals surface area contributed by atoms with Crippen molar-refractivity contribution in [1.29, 1.82) is 0 Å². The third-order valence-electron chi connectivity index (χ3n) is 4.71. The van der Waals surface area contributed by atoms with Crippen molar-refractivity contribution in [3.8, 4) is 0 Å². The van der Waals surface area contributed by atoms with Gasteiger partial charge in [0.25, 0.3) is 0 Å². The van der Waals surface area contributed by atoms with Gasteiger partial charge in [0, 0.05) is 49.3 Å². The highest BCUT2D eigenvalue weighted by molar-refractivity contribution is 9.10. The molecule has 1 amide bonds. The number of likely N-dealkylation sites (N-methyl/N-ethyl adjacent to an activating group) is 1. The maximum absolute atomic E-state index is 13.0. The largest absolute Gasteiger partial charge is 0.312 e. The minimum atomic E-state index is -3.57. The number of nitrogens with zero attached hydrogens (tertiary/aromatic N) is 3. The van der Waals surface area contributed by atoms with Gasteiger partial charge in [-0.2, -0.15) is 4.31 Å². The number of anilines is 1. The summed E-state index contributed by atoms with van der Waals surface area (Å²) in [5.74, 6) is 0.0269. The van der Waals surface area contributed by atoms with Gasteiger partial charge in [0.05, 0.1) is 4.90 Å². The van der Waals surface area contributed by atoms with Crippen LogP contribution in [0.15, 0.2) is 21.5 Å². The van der Waals surface area contributed by atoms with Crippen LogP contribution in [0.5, 0.6) is 0 Å². The normalized spacial score (nSPS) is 19.5. The van der Waals surface area contributed by atoms with Crippen molar-refractivity contribution in [2.75, 3.05) is 44.7 Å². The molecule has 1 aromatic rings. The van der Waals surface area contributed by atoms with E-state index in [4.69, 9.17) is 0 Å². The number of fused-ring (bicyclic) bond motifs is 1. The lowest BCUT2D eigenvalue weighted by Gasteiger charge is -2.32. The summed E-state index contributed by atoms with van der Waals surface area (Å²) in [5, 5.41) is 0. The quantitative estimate of drug-likeness (QED) is 0.753. The Morgan fingerprint density at radius 1 is 1.17 bits per heavy atom. The Balaban J connectivity index is 1.98. The molecule has 3 rings (SSSR count). The van der Waals surface area contributed by atoms with Gasteiger partial charge in [0.2, 0.25) is 15.9 Å². The molecule has 0 bridgehead atoms. The molecule has 0 N–H and O–H groups in total. The number of sulfonamides is 1. The molecule has 6 nitrogen and oxygen atoms in total. The molecular formula is C16H22BrN3O3S. The van der Waals surface area contributed by atoms with E-state index in [-0.39, 0.29) is 10.8 Å². The zero-order valence-electron chi connectivity index (χ0n) is 14.0. The number of rotatable bonds is 3. The molecule has 1 aromatic carbocycles. The Kier molecular flexibility index (Phi) is 5.01. The molecule has 24 heavy (non-hydrogen) atoms. The van der Waals surface area contributed by atoms with E-state index in [2.05, 4.69) is 20.8 Å². The number of halogens is 1. The molecular weight excluding hydrogens is 394 g/mol. The highest BCUT2D eigenvalue weighted by Gasteiger charge is 2.32. The zero-order chi connectivity index (χ0) is 17.5. The van der Waals surface area contributed by atoms with Crippen molar-refractivity contribution in [2.24, 2.45) is 0 Å². The number of carbonyl (C=O) groups is 1. The van der Waals surface area contributed by atoms with Crippen molar-refractivity contribution in [3.05, 3.63) is 22.2 Å². The smallest absolute Gasteiger partial charge is 0.244 e. The summed E-state index contributed by atoms with van der Waals surface area (Å²) in [7, 11) is -1.58. The van der Waals surface area contributed by atoms with Gasteiger partial charge in [0.15, 0.2) is 0 Å². The minimum Gasteiger partial charge on any atom is -0.312 e. The molecule has 0 spiro atoms. The van der Waals surface area contributed by atoms with Crippen molar-refractivity contribution < 1.29 is 13.2 Å². The van der Waals surface area contributed by atoms with Crippen LogP contribution in [-0.4, -0.2) is 63.3 Å². The predicted molar refractivity (Wildman–Crippen MR) is 96.7 cm³/mol. The molecule has 2 aliphatic heterocycles. The fourth-order valence-electron chi connectivity index (χ4n) is 3.20. The van der Waals surface area contributed by atoms with Gasteiger partial charge in [0.1, 0.15) is 0 Å². The second-order valence-corrected chi connectivity index (χ2v) is 9.03. The number of hydrogen-bond acceptors (Lipinski definition) is 4. The first-order valence-corrected chi connectivity index (χ1v) is 10.4. The molecule has 0 radical (unpaired) electrons. The second-order valence-electron chi connectivity index (χ2n) is 6.27. The van der Waals surface area contributed by atoms with E-state index >= 15 is 0 Å². The Morgan fingerprint density at radius 2 is 1.83 bits per heavy atom. The molecule has 0 aliphatic carbocycles. The van der Waals surface area contributed by atoms with Crippen molar-refractivity contribution in [3.63, 3.8) is 0 Å². The maximum Gasteiger partial charge on any atom is 0.244 e. The van der Waals surface area contributed by atoms with Crippen molar-refractivity contribution in [2.45, 2.75) is 24.7 Å². The predicted octanol–water partition coefficient (Wildman–Crippen LogP) is 1.68. The molecule has 2 aliphatic rings. The van der Waals surface area contributed by atoms with E-state index in [0.717, 1.165) is 30.8 Å². The summed E-state index contributed by atoms with van der Waals surface area (Å²) in [6.07, 6.45) is 1.17. The molecule has 2 heterocycles. The summed E-state index contributed by atoms with van der Waals surface area (Å²) in [4.78, 5) is 16.2. The molecule has 1 fully saturated rings. The van der Waals surface area contributed by atoms with Crippen LogP contribution < -0.4 is 4.90 Å². The van der Waals surface area contributed by atoms with E-state index in [0.29, 0.717) is 30.5 Å². The number of piperazine rings is 1. The van der Waals surface area contributed by atoms with Crippen LogP contribution >= 0.6 is 15.9 Å². The third-order valence-corrected chi connectivity index (χ3v) is 7.57. The first-order valence-electron chi connectivity index (χ1n) is 8.16. The average molecular weight is 416 g/mol. The summed E-state index contributed by atoms with van der Waals surface area (Å²) in [6.45, 7) is 4.86. The highest BCUT2D eigenvalue weighted by Crippen LogP contribution is 2.36. The van der Waals surface area contributed by atoms with Crippen LogP contribution in [-0.2, 0) is 21.2 Å². The minimum absolute atomic E-state index is 0.0269. The van der Waals surface area contributed by atoms with Crippen LogP contribution in [0.1, 0.15) is 18.9 Å². The lowest BCUT2D eigenvalue weighted by molar-refractivity contribution is -0.118. The van der Waals surface area contributed by atoms with Gasteiger partial charge < -0.3 is 9.80 Å². The first kappa shape index (κ1) is 17.8. The van der Waals surface area contributed by atoms with Crippen LogP contribution in [0, 0.1) is 0 Å². The second kappa shape index (κ2) is 6.74. The van der Waals surface area contributed by atoms with Gasteiger partial charge in [-0.15, -0.1) is 0 Å². The van der Waals surface area contributed by atoms with Crippen LogP contribution in [0.25, 0.3) is 0 Å². The lowest BCUT2D eigenvalue weighted by atomic mass is 10.2. The van der Waals surface area contributed by atoms with Crippen molar-refractivity contribution in [1.82, 2.24) is 9.21 Å². The highest BCUT2D eigenvalue weighted by atomic mass is 79.9. The average Bonchev–Trinajstić information content (AvgIpc) is 2.96. The monoisotopic (exact) mass is 415 g/mol. The van der Waals surface area contributed by atoms with E-state index in [1.807, 2.05) is 20.0 Å². The van der Waals surface area contributed by atoms with Gasteiger partial charge >= 0.3 is 0 Å². The number of amides is 1. The van der Waals surface area contributed by atoms with Crippen LogP contribution in [0.2, 0.25) is 0 Å². The summed E-state index contributed by atoms with van der Waals surface area (Å²) in [5.41, 5.74) is 1.75. The molecule has 0 atom stereocenters. The molecule has 0 aromatic heterocycles. The number of benzene rings is 1. The lowest BCUT2D eigenvalue weighted by Crippen LogP contribution is -2.47. The van der Waals surface area contributed by atoms with E-state index in [1.54, 1.807) is 11.0 Å². The van der Waals surface area contributed by atoms with Gasteiger partial charge in [-0.3, -0.25) is 4.79 Å². The number of hydrogen-bond donors (Lipinski definition) is 0. The van der Waals surface area contributed by atoms with Crippen molar-refractivity contribution >= 4 is 37.5 Å². The van der Waals surface area contributed by atoms with E-state index in [1.165, 1.54) is 4.31 Å². The third kappa shape index (κ3) is 3.12. The summed E-state index contributed by atoms with van der Waals surface area (Å²) >= 11 is 3.42. The maximum atomic E-state index is 13.0. The molecule has 132 valence electrons. The Bertz CT molecular complexity index is 758.